The van der Waals surface area contributed by atoms with Crippen LogP contribution in [0.4, 0.5) is 0 Å². The number of imide groups is 1. The van der Waals surface area contributed by atoms with Gasteiger partial charge in [0.15, 0.2) is 10.7 Å². The van der Waals surface area contributed by atoms with E-state index in [0.29, 0.717) is 23.0 Å². The van der Waals surface area contributed by atoms with Crippen LogP contribution in [0.15, 0.2) is 59.6 Å². The van der Waals surface area contributed by atoms with E-state index in [2.05, 4.69) is 6.07 Å². The fourth-order valence-corrected chi connectivity index (χ4v) is 6.92. The number of carbonyl (C=O) groups excluding carboxylic acids is 3. The monoisotopic (exact) mass is 502 g/mol. The van der Waals surface area contributed by atoms with Crippen LogP contribution in [0.2, 0.25) is 0 Å². The predicted molar refractivity (Wildman–Crippen MR) is 135 cm³/mol. The molecule has 8 nitrogen and oxygen atoms in total. The Hall–Kier alpha value is -3.64. The number of hydrogen-bond donors (Lipinski definition) is 0. The van der Waals surface area contributed by atoms with Crippen LogP contribution in [0.3, 0.4) is 0 Å². The van der Waals surface area contributed by atoms with Crippen molar-refractivity contribution in [2.24, 2.45) is 16.8 Å². The minimum Gasteiger partial charge on any atom is -0.467 e. The lowest BCUT2D eigenvalue weighted by molar-refractivity contribution is -0.158. The van der Waals surface area contributed by atoms with Crippen molar-refractivity contribution in [2.45, 2.75) is 30.7 Å². The van der Waals surface area contributed by atoms with Crippen molar-refractivity contribution in [3.05, 3.63) is 71.3 Å². The second kappa shape index (κ2) is 9.43. The van der Waals surface area contributed by atoms with Crippen molar-refractivity contribution in [1.82, 2.24) is 9.80 Å². The first kappa shape index (κ1) is 24.1. The molecule has 2 aromatic carbocycles. The molecule has 184 valence electrons. The molecule has 9 heteroatoms. The highest BCUT2D eigenvalue weighted by molar-refractivity contribution is 8.13. The van der Waals surface area contributed by atoms with Gasteiger partial charge in [-0.05, 0) is 30.2 Å². The number of esters is 1. The van der Waals surface area contributed by atoms with E-state index in [1.165, 1.54) is 23.8 Å². The van der Waals surface area contributed by atoms with E-state index in [1.807, 2.05) is 47.4 Å². The van der Waals surface area contributed by atoms with Gasteiger partial charge in [0.1, 0.15) is 0 Å². The predicted octanol–water partition coefficient (Wildman–Crippen LogP) is 2.62. The largest absolute Gasteiger partial charge is 0.467 e. The zero-order valence-corrected chi connectivity index (χ0v) is 20.9. The van der Waals surface area contributed by atoms with E-state index < -0.39 is 29.4 Å². The molecule has 3 aliphatic heterocycles. The summed E-state index contributed by atoms with van der Waals surface area (Å²) in [6, 6.07) is 18.5. The summed E-state index contributed by atoms with van der Waals surface area (Å²) in [7, 11) is 1.33. The summed E-state index contributed by atoms with van der Waals surface area (Å²) in [6.07, 6.45) is 0.227. The molecule has 3 heterocycles. The summed E-state index contributed by atoms with van der Waals surface area (Å²) in [4.78, 5) is 48.7. The molecule has 2 amide bonds. The number of carbonyl (C=O) groups is 3. The number of aliphatic imine (C=N–C) groups is 1. The highest BCUT2D eigenvalue weighted by Gasteiger charge is 2.73. The maximum atomic E-state index is 13.7. The van der Waals surface area contributed by atoms with Gasteiger partial charge in [-0.15, -0.1) is 0 Å². The molecular formula is C27H26N4O4S. The van der Waals surface area contributed by atoms with E-state index in [0.717, 1.165) is 11.1 Å². The van der Waals surface area contributed by atoms with Crippen LogP contribution >= 0.6 is 11.8 Å². The molecule has 4 atom stereocenters. The summed E-state index contributed by atoms with van der Waals surface area (Å²) >= 11 is 1.46. The van der Waals surface area contributed by atoms with Crippen LogP contribution in [-0.2, 0) is 31.3 Å². The van der Waals surface area contributed by atoms with E-state index in [-0.39, 0.29) is 24.8 Å². The summed E-state index contributed by atoms with van der Waals surface area (Å²) in [5, 5.41) is 9.69. The van der Waals surface area contributed by atoms with Crippen molar-refractivity contribution in [3.8, 4) is 6.07 Å². The molecule has 0 bridgehead atoms. The Labute approximate surface area is 213 Å². The summed E-state index contributed by atoms with van der Waals surface area (Å²) in [6.45, 7) is 2.37. The van der Waals surface area contributed by atoms with Gasteiger partial charge >= 0.3 is 5.97 Å². The van der Waals surface area contributed by atoms with Gasteiger partial charge in [-0.1, -0.05) is 54.2 Å². The molecule has 0 aromatic heterocycles. The minimum atomic E-state index is -1.38. The number of benzene rings is 2. The van der Waals surface area contributed by atoms with Gasteiger partial charge in [0, 0.05) is 18.7 Å². The normalized spacial score (nSPS) is 26.5. The van der Waals surface area contributed by atoms with Crippen LogP contribution in [0.25, 0.3) is 0 Å². The SMILES string of the molecule is CCN1C(=O)[C@H]2[C@H]3CN=C(SCc4ccc(C#N)cc4)N3[C@@](Cc3ccccc3)(C(=O)OC)[C@H]2C1=O. The van der Waals surface area contributed by atoms with E-state index in [1.54, 1.807) is 19.1 Å². The first-order valence-corrected chi connectivity index (χ1v) is 12.9. The lowest BCUT2D eigenvalue weighted by Crippen LogP contribution is -2.61. The summed E-state index contributed by atoms with van der Waals surface area (Å²) < 4.78 is 5.36. The van der Waals surface area contributed by atoms with Gasteiger partial charge in [0.25, 0.3) is 0 Å². The smallest absolute Gasteiger partial charge is 0.333 e. The number of methoxy groups -OCH3 is 1. The Morgan fingerprint density at radius 1 is 1.14 bits per heavy atom. The van der Waals surface area contributed by atoms with Crippen LogP contribution in [0.5, 0.6) is 0 Å². The molecule has 5 rings (SSSR count). The fraction of sp³-hybridized carbons (Fsp3) is 0.370. The lowest BCUT2D eigenvalue weighted by Gasteiger charge is -2.40. The third kappa shape index (κ3) is 3.59. The first-order chi connectivity index (χ1) is 17.5. The second-order valence-electron chi connectivity index (χ2n) is 9.16. The fourth-order valence-electron chi connectivity index (χ4n) is 5.83. The molecule has 0 spiro atoms. The van der Waals surface area contributed by atoms with E-state index in [4.69, 9.17) is 15.0 Å². The van der Waals surface area contributed by atoms with Gasteiger partial charge in [0.05, 0.1) is 43.2 Å². The van der Waals surface area contributed by atoms with Crippen LogP contribution in [0.1, 0.15) is 23.6 Å². The van der Waals surface area contributed by atoms with E-state index >= 15 is 0 Å². The van der Waals surface area contributed by atoms with Crippen molar-refractivity contribution in [1.29, 1.82) is 5.26 Å². The number of rotatable bonds is 6. The maximum Gasteiger partial charge on any atom is 0.333 e. The number of thioether (sulfide) groups is 1. The van der Waals surface area contributed by atoms with Crippen LogP contribution in [-0.4, -0.2) is 64.5 Å². The van der Waals surface area contributed by atoms with Crippen LogP contribution < -0.4 is 0 Å². The summed E-state index contributed by atoms with van der Waals surface area (Å²) in [5.74, 6) is -2.03. The van der Waals surface area contributed by atoms with Gasteiger partial charge in [-0.2, -0.15) is 5.26 Å². The van der Waals surface area contributed by atoms with Crippen molar-refractivity contribution in [3.63, 3.8) is 0 Å². The molecule has 0 saturated carbocycles. The molecule has 0 radical (unpaired) electrons. The quantitative estimate of drug-likeness (QED) is 0.442. The number of likely N-dealkylation sites (tertiary alicyclic amines) is 1. The molecular weight excluding hydrogens is 476 g/mol. The molecule has 3 aliphatic rings. The minimum absolute atomic E-state index is 0.227. The molecule has 0 aliphatic carbocycles. The molecule has 2 fully saturated rings. The van der Waals surface area contributed by atoms with Crippen LogP contribution in [0, 0.1) is 23.2 Å². The molecule has 2 aromatic rings. The zero-order chi connectivity index (χ0) is 25.4. The van der Waals surface area contributed by atoms with Gasteiger partial charge in [-0.3, -0.25) is 19.5 Å². The van der Waals surface area contributed by atoms with Gasteiger partial charge in [0.2, 0.25) is 11.8 Å². The standard InChI is InChI=1S/C27H26N4O4S/c1-3-30-23(32)21-20-15-29-26(36-16-19-11-9-18(14-28)10-12-19)31(20)27(25(34)35-2,22(21)24(30)33)13-17-7-5-4-6-8-17/h4-12,20-22H,3,13,15-16H2,1-2H3/t20-,21+,22-,27-/m1/s1. The van der Waals surface area contributed by atoms with Crippen molar-refractivity contribution >= 4 is 34.7 Å². The Morgan fingerprint density at radius 3 is 2.50 bits per heavy atom. The lowest BCUT2D eigenvalue weighted by atomic mass is 9.76. The number of ether oxygens (including phenoxy) is 1. The molecule has 36 heavy (non-hydrogen) atoms. The third-order valence-corrected chi connectivity index (χ3v) is 8.44. The zero-order valence-electron chi connectivity index (χ0n) is 20.1. The topological polar surface area (TPSA) is 103 Å². The Morgan fingerprint density at radius 2 is 1.86 bits per heavy atom. The van der Waals surface area contributed by atoms with E-state index in [9.17, 15) is 14.4 Å². The number of hydrogen-bond acceptors (Lipinski definition) is 8. The number of amides is 2. The average Bonchev–Trinajstić information content (AvgIpc) is 3.53. The molecule has 0 unspecified atom stereocenters. The Kier molecular flexibility index (Phi) is 6.31. The van der Waals surface area contributed by atoms with Gasteiger partial charge < -0.3 is 9.64 Å². The highest BCUT2D eigenvalue weighted by Crippen LogP contribution is 2.53. The number of fused-ring (bicyclic) bond motifs is 3. The molecule has 2 saturated heterocycles. The first-order valence-electron chi connectivity index (χ1n) is 11.9. The number of amidine groups is 1. The second-order valence-corrected chi connectivity index (χ2v) is 10.1. The Balaban J connectivity index is 1.56. The van der Waals surface area contributed by atoms with Crippen molar-refractivity contribution in [2.75, 3.05) is 20.2 Å². The number of nitrogens with zero attached hydrogens (tertiary/aromatic N) is 4. The van der Waals surface area contributed by atoms with Gasteiger partial charge in [-0.25, -0.2) is 4.79 Å². The average molecular weight is 503 g/mol. The molecule has 0 N–H and O–H groups in total. The highest BCUT2D eigenvalue weighted by atomic mass is 32.2. The summed E-state index contributed by atoms with van der Waals surface area (Å²) in [5.41, 5.74) is 1.08. The maximum absolute atomic E-state index is 13.7. The third-order valence-electron chi connectivity index (χ3n) is 7.38. The number of nitriles is 1. The Bertz CT molecular complexity index is 1270. The van der Waals surface area contributed by atoms with Crippen molar-refractivity contribution < 1.29 is 19.1 Å².